The average Bonchev–Trinajstić information content (AvgIpc) is 2.56. The molecule has 2 fully saturated rings. The number of hydrogen-bond acceptors (Lipinski definition) is 4. The molecule has 0 spiro atoms. The van der Waals surface area contributed by atoms with E-state index in [4.69, 9.17) is 18.9 Å². The van der Waals surface area contributed by atoms with E-state index >= 15 is 0 Å². The molecule has 0 aromatic heterocycles. The quantitative estimate of drug-likeness (QED) is 0.316. The van der Waals surface area contributed by atoms with Crippen molar-refractivity contribution in [3.63, 3.8) is 0 Å². The molecular weight excluding hydrogens is 308 g/mol. The van der Waals surface area contributed by atoms with E-state index in [0.29, 0.717) is 11.1 Å². The lowest BCUT2D eigenvalue weighted by Crippen LogP contribution is -2.53. The summed E-state index contributed by atoms with van der Waals surface area (Å²) in [6, 6.07) is 0. The third-order valence-electron chi connectivity index (χ3n) is 5.09. The Bertz CT molecular complexity index is 291. The summed E-state index contributed by atoms with van der Waals surface area (Å²) < 4.78 is 12.4. The van der Waals surface area contributed by atoms with Crippen molar-refractivity contribution in [1.82, 2.24) is 0 Å². The summed E-state index contributed by atoms with van der Waals surface area (Å²) >= 11 is 0. The zero-order valence-electron chi connectivity index (χ0n) is 15.5. The van der Waals surface area contributed by atoms with Crippen LogP contribution in [0, 0.1) is 0 Å². The van der Waals surface area contributed by atoms with Crippen molar-refractivity contribution < 1.29 is 18.9 Å². The molecule has 0 N–H and O–H groups in total. The first-order chi connectivity index (χ1) is 11.0. The third-order valence-corrected chi connectivity index (χ3v) is 9.23. The van der Waals surface area contributed by atoms with Gasteiger partial charge in [0, 0.05) is 11.1 Å². The smallest absolute Gasteiger partial charge is 0.248 e. The third kappa shape index (κ3) is 5.53. The maximum atomic E-state index is 6.21. The zero-order valence-corrected chi connectivity index (χ0v) is 16.5. The summed E-state index contributed by atoms with van der Waals surface area (Å²) in [7, 11) is -2.56. The van der Waals surface area contributed by atoms with Gasteiger partial charge in [0.25, 0.3) is 0 Å². The van der Waals surface area contributed by atoms with Gasteiger partial charge >= 0.3 is 8.56 Å². The van der Waals surface area contributed by atoms with E-state index in [1.54, 1.807) is 0 Å². The minimum absolute atomic E-state index is 0.0525. The van der Waals surface area contributed by atoms with Crippen molar-refractivity contribution in [1.29, 1.82) is 0 Å². The Morgan fingerprint density at radius 1 is 0.609 bits per heavy atom. The van der Waals surface area contributed by atoms with E-state index in [2.05, 4.69) is 0 Å². The average molecular weight is 345 g/mol. The Morgan fingerprint density at radius 3 is 1.26 bits per heavy atom. The van der Waals surface area contributed by atoms with E-state index in [-0.39, 0.29) is 12.2 Å². The first-order valence-corrected chi connectivity index (χ1v) is 11.7. The van der Waals surface area contributed by atoms with Gasteiger partial charge in [-0.2, -0.15) is 0 Å². The Hall–Kier alpha value is 0.0569. The topological polar surface area (TPSA) is 36.9 Å². The van der Waals surface area contributed by atoms with Crippen LogP contribution in [0.5, 0.6) is 0 Å². The van der Waals surface area contributed by atoms with Gasteiger partial charge < -0.3 is 0 Å². The van der Waals surface area contributed by atoms with Crippen LogP contribution >= 0.6 is 0 Å². The van der Waals surface area contributed by atoms with Crippen LogP contribution in [0.4, 0.5) is 0 Å². The van der Waals surface area contributed by atoms with E-state index in [1.165, 1.54) is 64.2 Å². The molecule has 2 saturated carbocycles. The minimum atomic E-state index is -2.56. The fourth-order valence-electron chi connectivity index (χ4n) is 3.97. The fourth-order valence-corrected chi connectivity index (χ4v) is 8.32. The monoisotopic (exact) mass is 344 g/mol. The van der Waals surface area contributed by atoms with Crippen LogP contribution in [-0.2, 0) is 18.9 Å². The van der Waals surface area contributed by atoms with Crippen molar-refractivity contribution in [3.8, 4) is 0 Å². The maximum absolute atomic E-state index is 6.21. The lowest BCUT2D eigenvalue weighted by molar-refractivity contribution is -0.322. The number of hydrogen-bond donors (Lipinski definition) is 0. The molecule has 2 rings (SSSR count). The van der Waals surface area contributed by atoms with Crippen LogP contribution in [-0.4, -0.2) is 20.8 Å². The second-order valence-electron chi connectivity index (χ2n) is 7.85. The van der Waals surface area contributed by atoms with Gasteiger partial charge in [0.1, 0.15) is 0 Å². The normalized spacial score (nSPS) is 22.2. The van der Waals surface area contributed by atoms with Crippen LogP contribution in [0.3, 0.4) is 0 Å². The Morgan fingerprint density at radius 2 is 0.957 bits per heavy atom. The summed E-state index contributed by atoms with van der Waals surface area (Å²) in [6.07, 6.45) is 12.7. The Labute approximate surface area is 143 Å². The van der Waals surface area contributed by atoms with Crippen molar-refractivity contribution in [2.75, 3.05) is 0 Å². The second kappa shape index (κ2) is 9.52. The van der Waals surface area contributed by atoms with Crippen molar-refractivity contribution in [2.45, 2.75) is 115 Å². The van der Waals surface area contributed by atoms with Gasteiger partial charge in [-0.3, -0.25) is 0 Å². The zero-order chi connectivity index (χ0) is 16.7. The highest BCUT2D eigenvalue weighted by molar-refractivity contribution is 6.70. The van der Waals surface area contributed by atoms with Gasteiger partial charge in [0.05, 0.1) is 12.2 Å². The molecule has 5 heteroatoms. The highest BCUT2D eigenvalue weighted by Crippen LogP contribution is 2.49. The van der Waals surface area contributed by atoms with Crippen LogP contribution < -0.4 is 0 Å². The summed E-state index contributed by atoms with van der Waals surface area (Å²) in [5.41, 5.74) is 0.994. The van der Waals surface area contributed by atoms with Gasteiger partial charge in [0.15, 0.2) is 0 Å². The Balaban J connectivity index is 2.20. The van der Waals surface area contributed by atoms with Gasteiger partial charge in [0.2, 0.25) is 0 Å². The lowest BCUT2D eigenvalue weighted by atomic mass is 9.99. The van der Waals surface area contributed by atoms with Crippen molar-refractivity contribution in [3.05, 3.63) is 0 Å². The van der Waals surface area contributed by atoms with Gasteiger partial charge in [-0.05, 0) is 53.4 Å². The van der Waals surface area contributed by atoms with E-state index in [9.17, 15) is 0 Å². The van der Waals surface area contributed by atoms with Gasteiger partial charge in [-0.25, -0.2) is 18.9 Å². The second-order valence-corrected chi connectivity index (χ2v) is 11.3. The van der Waals surface area contributed by atoms with Crippen LogP contribution in [0.15, 0.2) is 0 Å². The molecule has 0 amide bonds. The van der Waals surface area contributed by atoms with Crippen molar-refractivity contribution in [2.24, 2.45) is 0 Å². The van der Waals surface area contributed by atoms with E-state index in [0.717, 1.165) is 0 Å². The first-order valence-electron chi connectivity index (χ1n) is 9.73. The highest BCUT2D eigenvalue weighted by Gasteiger charge is 2.56. The number of rotatable bonds is 8. The lowest BCUT2D eigenvalue weighted by Gasteiger charge is -2.43. The molecular formula is C18H36O4Si. The molecule has 136 valence electrons. The SMILES string of the molecule is CC(C)OO[Si](OOC(C)C)(C1CCCCC1)C1CCCCC1. The molecule has 2 aliphatic carbocycles. The first kappa shape index (κ1) is 19.4. The summed E-state index contributed by atoms with van der Waals surface area (Å²) in [5, 5.41) is 0. The molecule has 0 bridgehead atoms. The van der Waals surface area contributed by atoms with E-state index in [1.807, 2.05) is 27.7 Å². The Kier molecular flexibility index (Phi) is 8.02. The molecule has 0 aromatic rings. The molecule has 0 saturated heterocycles. The van der Waals surface area contributed by atoms with E-state index < -0.39 is 8.56 Å². The molecule has 0 atom stereocenters. The van der Waals surface area contributed by atoms with Crippen LogP contribution in [0.1, 0.15) is 91.9 Å². The van der Waals surface area contributed by atoms with Crippen LogP contribution in [0.25, 0.3) is 0 Å². The molecule has 0 heterocycles. The molecule has 0 aromatic carbocycles. The highest BCUT2D eigenvalue weighted by atomic mass is 28.4. The predicted molar refractivity (Wildman–Crippen MR) is 94.0 cm³/mol. The molecule has 4 nitrogen and oxygen atoms in total. The fraction of sp³-hybridized carbons (Fsp3) is 1.00. The molecule has 0 aliphatic heterocycles. The van der Waals surface area contributed by atoms with Gasteiger partial charge in [-0.15, -0.1) is 0 Å². The van der Waals surface area contributed by atoms with Gasteiger partial charge in [-0.1, -0.05) is 38.5 Å². The molecule has 2 aliphatic rings. The predicted octanol–water partition coefficient (Wildman–Crippen LogP) is 5.81. The molecule has 23 heavy (non-hydrogen) atoms. The summed E-state index contributed by atoms with van der Waals surface area (Å²) in [4.78, 5) is 11.4. The summed E-state index contributed by atoms with van der Waals surface area (Å²) in [5.74, 6) is 0. The molecule has 0 radical (unpaired) electrons. The molecule has 0 unspecified atom stereocenters. The summed E-state index contributed by atoms with van der Waals surface area (Å²) in [6.45, 7) is 8.07. The van der Waals surface area contributed by atoms with Crippen molar-refractivity contribution >= 4 is 8.56 Å². The minimum Gasteiger partial charge on any atom is -0.248 e. The standard InChI is InChI=1S/C18H36O4Si/c1-15(2)19-21-23(22-20-16(3)4,17-11-7-5-8-12-17)18-13-9-6-10-14-18/h15-18H,5-14H2,1-4H3. The van der Waals surface area contributed by atoms with Crippen LogP contribution in [0.2, 0.25) is 11.1 Å². The largest absolute Gasteiger partial charge is 0.415 e. The maximum Gasteiger partial charge on any atom is 0.415 e.